The van der Waals surface area contributed by atoms with Crippen LogP contribution in [0.15, 0.2) is 77.3 Å². The van der Waals surface area contributed by atoms with Gasteiger partial charge in [-0.3, -0.25) is 9.59 Å². The van der Waals surface area contributed by atoms with Crippen LogP contribution in [0, 0.1) is 0 Å². The van der Waals surface area contributed by atoms with E-state index in [0.717, 1.165) is 16.9 Å². The predicted molar refractivity (Wildman–Crippen MR) is 108 cm³/mol. The Bertz CT molecular complexity index is 950. The van der Waals surface area contributed by atoms with Gasteiger partial charge in [0.1, 0.15) is 17.3 Å². The molecule has 0 spiro atoms. The molecule has 0 amide bonds. The third kappa shape index (κ3) is 3.91. The molecule has 1 aliphatic heterocycles. The van der Waals surface area contributed by atoms with Crippen molar-refractivity contribution in [2.45, 2.75) is 33.1 Å². The maximum absolute atomic E-state index is 12.7. The minimum atomic E-state index is -0.451. The number of Topliss-reactive ketones (excluding diaryl/α,β-unsaturated/α-hetero) is 2. The van der Waals surface area contributed by atoms with E-state index in [1.54, 1.807) is 14.0 Å². The quantitative estimate of drug-likeness (QED) is 0.729. The Labute approximate surface area is 165 Å². The molecule has 1 aliphatic rings. The third-order valence-electron chi connectivity index (χ3n) is 4.95. The van der Waals surface area contributed by atoms with Gasteiger partial charge in [0.15, 0.2) is 11.6 Å². The molecule has 1 atom stereocenters. The number of methoxy groups -OCH3 is 1. The number of rotatable bonds is 6. The Balaban J connectivity index is 2.16. The van der Waals surface area contributed by atoms with E-state index >= 15 is 0 Å². The number of ketones is 2. The first kappa shape index (κ1) is 19.6. The summed E-state index contributed by atoms with van der Waals surface area (Å²) in [4.78, 5) is 25.1. The van der Waals surface area contributed by atoms with Gasteiger partial charge in [-0.2, -0.15) is 0 Å². The van der Waals surface area contributed by atoms with E-state index in [4.69, 9.17) is 9.47 Å². The average molecular weight is 376 g/mol. The van der Waals surface area contributed by atoms with Crippen molar-refractivity contribution >= 4 is 11.6 Å². The molecule has 0 aliphatic carbocycles. The first-order chi connectivity index (χ1) is 13.4. The van der Waals surface area contributed by atoms with Crippen molar-refractivity contribution in [3.8, 4) is 5.75 Å². The number of allylic oxidation sites excluding steroid dienone is 4. The lowest BCUT2D eigenvalue weighted by Gasteiger charge is -2.30. The third-order valence-corrected chi connectivity index (χ3v) is 4.95. The van der Waals surface area contributed by atoms with Crippen LogP contribution in [-0.4, -0.2) is 18.7 Å². The normalized spacial score (nSPS) is 16.6. The zero-order valence-electron chi connectivity index (χ0n) is 16.6. The summed E-state index contributed by atoms with van der Waals surface area (Å²) in [6.07, 6.45) is 0.491. The number of ether oxygens (including phenoxy) is 2. The van der Waals surface area contributed by atoms with Crippen molar-refractivity contribution in [3.05, 3.63) is 88.4 Å². The second-order valence-corrected chi connectivity index (χ2v) is 6.89. The molecule has 0 radical (unpaired) electrons. The first-order valence-electron chi connectivity index (χ1n) is 9.23. The molecular formula is C24H24O4. The van der Waals surface area contributed by atoms with E-state index in [0.29, 0.717) is 29.1 Å². The molecule has 0 bridgehead atoms. The van der Waals surface area contributed by atoms with Crippen LogP contribution in [0.5, 0.6) is 5.75 Å². The maximum Gasteiger partial charge on any atom is 0.160 e. The van der Waals surface area contributed by atoms with Gasteiger partial charge >= 0.3 is 0 Å². The van der Waals surface area contributed by atoms with E-state index in [1.165, 1.54) is 13.8 Å². The number of hydrogen-bond donors (Lipinski definition) is 0. The number of benzene rings is 2. The summed E-state index contributed by atoms with van der Waals surface area (Å²) >= 11 is 0. The highest BCUT2D eigenvalue weighted by molar-refractivity contribution is 6.03. The first-order valence-corrected chi connectivity index (χ1v) is 9.23. The molecule has 0 N–H and O–H groups in total. The Morgan fingerprint density at radius 3 is 2.07 bits per heavy atom. The fraction of sp³-hybridized carbons (Fsp3) is 0.250. The largest absolute Gasteiger partial charge is 0.497 e. The van der Waals surface area contributed by atoms with Gasteiger partial charge in [0, 0.05) is 23.5 Å². The molecule has 0 fully saturated rings. The standard InChI is InChI=1S/C24H24O4/c1-15(25)22-17(3)28-21(14-18-8-6-5-7-9-18)23(16(2)26)24(22)19-10-12-20(27-4)13-11-19/h5-13,24H,14H2,1-4H3. The summed E-state index contributed by atoms with van der Waals surface area (Å²) in [5.74, 6) is 1.22. The zero-order valence-corrected chi connectivity index (χ0v) is 16.6. The van der Waals surface area contributed by atoms with E-state index in [2.05, 4.69) is 0 Å². The molecule has 0 saturated carbocycles. The number of hydrogen-bond acceptors (Lipinski definition) is 4. The lowest BCUT2D eigenvalue weighted by atomic mass is 9.78. The highest BCUT2D eigenvalue weighted by Crippen LogP contribution is 2.42. The maximum atomic E-state index is 12.7. The van der Waals surface area contributed by atoms with Crippen LogP contribution in [-0.2, 0) is 20.7 Å². The average Bonchev–Trinajstić information content (AvgIpc) is 2.67. The summed E-state index contributed by atoms with van der Waals surface area (Å²) in [5, 5.41) is 0. The molecule has 0 saturated heterocycles. The molecule has 4 heteroatoms. The molecule has 1 unspecified atom stereocenters. The van der Waals surface area contributed by atoms with E-state index < -0.39 is 5.92 Å². The molecular weight excluding hydrogens is 352 g/mol. The predicted octanol–water partition coefficient (Wildman–Crippen LogP) is 4.76. The van der Waals surface area contributed by atoms with Gasteiger partial charge in [0.2, 0.25) is 0 Å². The van der Waals surface area contributed by atoms with Crippen LogP contribution < -0.4 is 4.74 Å². The second-order valence-electron chi connectivity index (χ2n) is 6.89. The molecule has 144 valence electrons. The van der Waals surface area contributed by atoms with Crippen molar-refractivity contribution < 1.29 is 19.1 Å². The van der Waals surface area contributed by atoms with Gasteiger partial charge in [-0.05, 0) is 44.0 Å². The minimum absolute atomic E-state index is 0.0991. The number of carbonyl (C=O) groups is 2. The fourth-order valence-corrected chi connectivity index (χ4v) is 3.70. The molecule has 2 aromatic carbocycles. The Hall–Kier alpha value is -3.14. The summed E-state index contributed by atoms with van der Waals surface area (Å²) in [7, 11) is 1.60. The second kappa shape index (κ2) is 8.26. The highest BCUT2D eigenvalue weighted by atomic mass is 16.5. The molecule has 3 rings (SSSR count). The van der Waals surface area contributed by atoms with Crippen molar-refractivity contribution in [1.29, 1.82) is 0 Å². The van der Waals surface area contributed by atoms with Crippen LogP contribution in [0.1, 0.15) is 37.8 Å². The monoisotopic (exact) mass is 376 g/mol. The number of carbonyl (C=O) groups excluding carboxylic acids is 2. The summed E-state index contributed by atoms with van der Waals surface area (Å²) < 4.78 is 11.3. The SMILES string of the molecule is COc1ccc(C2C(C(C)=O)=C(C)OC(Cc3ccccc3)=C2C(C)=O)cc1. The minimum Gasteiger partial charge on any atom is -0.497 e. The van der Waals surface area contributed by atoms with Crippen LogP contribution in [0.4, 0.5) is 0 Å². The Morgan fingerprint density at radius 2 is 1.54 bits per heavy atom. The van der Waals surface area contributed by atoms with Gasteiger partial charge in [0.25, 0.3) is 0 Å². The van der Waals surface area contributed by atoms with Gasteiger partial charge < -0.3 is 9.47 Å². The van der Waals surface area contributed by atoms with Crippen LogP contribution in [0.3, 0.4) is 0 Å². The molecule has 0 aromatic heterocycles. The van der Waals surface area contributed by atoms with Crippen molar-refractivity contribution in [1.82, 2.24) is 0 Å². The molecule has 4 nitrogen and oxygen atoms in total. The molecule has 2 aromatic rings. The smallest absolute Gasteiger partial charge is 0.160 e. The fourth-order valence-electron chi connectivity index (χ4n) is 3.70. The van der Waals surface area contributed by atoms with Crippen LogP contribution in [0.2, 0.25) is 0 Å². The van der Waals surface area contributed by atoms with Crippen LogP contribution >= 0.6 is 0 Å². The molecule has 1 heterocycles. The Morgan fingerprint density at radius 1 is 0.929 bits per heavy atom. The topological polar surface area (TPSA) is 52.6 Å². The molecule has 28 heavy (non-hydrogen) atoms. The lowest BCUT2D eigenvalue weighted by Crippen LogP contribution is -2.25. The zero-order chi connectivity index (χ0) is 20.3. The lowest BCUT2D eigenvalue weighted by molar-refractivity contribution is -0.114. The van der Waals surface area contributed by atoms with Crippen molar-refractivity contribution in [3.63, 3.8) is 0 Å². The summed E-state index contributed by atoms with van der Waals surface area (Å²) in [6, 6.07) is 17.3. The highest BCUT2D eigenvalue weighted by Gasteiger charge is 2.36. The van der Waals surface area contributed by atoms with Gasteiger partial charge in [-0.1, -0.05) is 42.5 Å². The van der Waals surface area contributed by atoms with E-state index in [-0.39, 0.29) is 11.6 Å². The summed E-state index contributed by atoms with van der Waals surface area (Å²) in [6.45, 7) is 4.83. The summed E-state index contributed by atoms with van der Waals surface area (Å²) in [5.41, 5.74) is 2.96. The van der Waals surface area contributed by atoms with E-state index in [9.17, 15) is 9.59 Å². The van der Waals surface area contributed by atoms with E-state index in [1.807, 2.05) is 54.6 Å². The van der Waals surface area contributed by atoms with Gasteiger partial charge in [-0.25, -0.2) is 0 Å². The van der Waals surface area contributed by atoms with Crippen molar-refractivity contribution in [2.24, 2.45) is 0 Å². The van der Waals surface area contributed by atoms with Gasteiger partial charge in [0.05, 0.1) is 7.11 Å². The van der Waals surface area contributed by atoms with Crippen molar-refractivity contribution in [2.75, 3.05) is 7.11 Å². The Kier molecular flexibility index (Phi) is 5.78. The van der Waals surface area contributed by atoms with Gasteiger partial charge in [-0.15, -0.1) is 0 Å². The van der Waals surface area contributed by atoms with Crippen LogP contribution in [0.25, 0.3) is 0 Å².